The highest BCUT2D eigenvalue weighted by atomic mass is 16.4. The fraction of sp³-hybridized carbons (Fsp3) is 0.500. The minimum absolute atomic E-state index is 0.00479. The number of carbonyl (C=O) groups excluding carboxylic acids is 1. The van der Waals surface area contributed by atoms with Gasteiger partial charge >= 0.3 is 5.97 Å². The van der Waals surface area contributed by atoms with E-state index < -0.39 is 11.9 Å². The molecule has 4 N–H and O–H groups in total. The maximum absolute atomic E-state index is 11.8. The van der Waals surface area contributed by atoms with Gasteiger partial charge in [0, 0.05) is 12.1 Å². The van der Waals surface area contributed by atoms with Crippen LogP contribution < -0.4 is 11.1 Å². The van der Waals surface area contributed by atoms with E-state index in [1.54, 1.807) is 0 Å². The van der Waals surface area contributed by atoms with Crippen molar-refractivity contribution in [2.75, 3.05) is 0 Å². The summed E-state index contributed by atoms with van der Waals surface area (Å²) >= 11 is 0. The Balaban J connectivity index is 2.00. The van der Waals surface area contributed by atoms with Crippen LogP contribution in [0.3, 0.4) is 0 Å². The Morgan fingerprint density at radius 3 is 2.56 bits per heavy atom. The van der Waals surface area contributed by atoms with Crippen LogP contribution in [0.2, 0.25) is 0 Å². The molecule has 2 atom stereocenters. The Morgan fingerprint density at radius 1 is 1.28 bits per heavy atom. The Hall–Kier alpha value is -1.82. The van der Waals surface area contributed by atoms with E-state index in [2.05, 4.69) is 5.32 Å². The molecule has 0 saturated heterocycles. The van der Waals surface area contributed by atoms with Crippen molar-refractivity contribution in [3.8, 4) is 0 Å². The molecule has 1 heterocycles. The van der Waals surface area contributed by atoms with E-state index in [0.717, 1.165) is 25.7 Å². The van der Waals surface area contributed by atoms with Crippen LogP contribution in [0, 0.1) is 0 Å². The van der Waals surface area contributed by atoms with Crippen LogP contribution in [-0.2, 0) is 0 Å². The van der Waals surface area contributed by atoms with Crippen LogP contribution in [0.4, 0.5) is 0 Å². The summed E-state index contributed by atoms with van der Waals surface area (Å²) in [6.45, 7) is 0. The van der Waals surface area contributed by atoms with Crippen molar-refractivity contribution in [3.05, 3.63) is 23.7 Å². The van der Waals surface area contributed by atoms with Gasteiger partial charge < -0.3 is 20.6 Å². The zero-order chi connectivity index (χ0) is 13.1. The van der Waals surface area contributed by atoms with Crippen LogP contribution in [0.15, 0.2) is 16.5 Å². The van der Waals surface area contributed by atoms with E-state index in [4.69, 9.17) is 15.3 Å². The number of amides is 1. The molecule has 6 nitrogen and oxygen atoms in total. The SMILES string of the molecule is NC1CCCCC1NC(=O)c1ccc(C(=O)O)o1. The molecule has 6 heteroatoms. The fourth-order valence-corrected chi connectivity index (χ4v) is 2.15. The van der Waals surface area contributed by atoms with Crippen molar-refractivity contribution in [1.29, 1.82) is 0 Å². The summed E-state index contributed by atoms with van der Waals surface area (Å²) in [5.41, 5.74) is 5.92. The lowest BCUT2D eigenvalue weighted by Crippen LogP contribution is -2.49. The number of nitrogens with two attached hydrogens (primary N) is 1. The molecule has 0 radical (unpaired) electrons. The van der Waals surface area contributed by atoms with Crippen LogP contribution in [0.1, 0.15) is 46.8 Å². The van der Waals surface area contributed by atoms with E-state index in [1.165, 1.54) is 12.1 Å². The molecule has 98 valence electrons. The van der Waals surface area contributed by atoms with Gasteiger partial charge in [-0.1, -0.05) is 12.8 Å². The second kappa shape index (κ2) is 5.22. The van der Waals surface area contributed by atoms with E-state index in [1.807, 2.05) is 0 Å². The third-order valence-corrected chi connectivity index (χ3v) is 3.18. The highest BCUT2D eigenvalue weighted by Gasteiger charge is 2.25. The Kier molecular flexibility index (Phi) is 3.66. The maximum Gasteiger partial charge on any atom is 0.371 e. The molecule has 1 aliphatic carbocycles. The van der Waals surface area contributed by atoms with Crippen molar-refractivity contribution < 1.29 is 19.1 Å². The molecule has 18 heavy (non-hydrogen) atoms. The van der Waals surface area contributed by atoms with Gasteiger partial charge in [-0.2, -0.15) is 0 Å². The minimum atomic E-state index is -1.19. The minimum Gasteiger partial charge on any atom is -0.475 e. The molecule has 0 aromatic carbocycles. The number of aromatic carboxylic acids is 1. The zero-order valence-corrected chi connectivity index (χ0v) is 9.89. The molecule has 0 bridgehead atoms. The van der Waals surface area contributed by atoms with Crippen molar-refractivity contribution in [3.63, 3.8) is 0 Å². The van der Waals surface area contributed by atoms with Crippen molar-refractivity contribution in [2.24, 2.45) is 5.73 Å². The molecule has 1 amide bonds. The summed E-state index contributed by atoms with van der Waals surface area (Å²) in [5.74, 6) is -1.84. The molecule has 2 rings (SSSR count). The summed E-state index contributed by atoms with van der Waals surface area (Å²) in [5, 5.41) is 11.5. The smallest absolute Gasteiger partial charge is 0.371 e. The number of carbonyl (C=O) groups is 2. The molecule has 1 aromatic rings. The van der Waals surface area contributed by atoms with Gasteiger partial charge in [-0.25, -0.2) is 4.79 Å². The predicted molar refractivity (Wildman–Crippen MR) is 63.4 cm³/mol. The third-order valence-electron chi connectivity index (χ3n) is 3.18. The summed E-state index contributed by atoms with van der Waals surface area (Å²) < 4.78 is 4.93. The Labute approximate surface area is 104 Å². The quantitative estimate of drug-likeness (QED) is 0.743. The summed E-state index contributed by atoms with van der Waals surface area (Å²) in [6.07, 6.45) is 3.86. The first-order chi connectivity index (χ1) is 8.58. The predicted octanol–water partition coefficient (Wildman–Crippen LogP) is 0.977. The first-order valence-electron chi connectivity index (χ1n) is 5.97. The fourth-order valence-electron chi connectivity index (χ4n) is 2.15. The molecule has 1 fully saturated rings. The third kappa shape index (κ3) is 2.70. The van der Waals surface area contributed by atoms with Gasteiger partial charge in [-0.15, -0.1) is 0 Å². The van der Waals surface area contributed by atoms with Gasteiger partial charge in [0.15, 0.2) is 5.76 Å². The maximum atomic E-state index is 11.8. The lowest BCUT2D eigenvalue weighted by atomic mass is 9.91. The number of carboxylic acids is 1. The first-order valence-corrected chi connectivity index (χ1v) is 5.97. The van der Waals surface area contributed by atoms with Gasteiger partial charge in [-0.3, -0.25) is 4.79 Å². The topological polar surface area (TPSA) is 106 Å². The summed E-state index contributed by atoms with van der Waals surface area (Å²) in [6, 6.07) is 2.51. The van der Waals surface area contributed by atoms with Crippen LogP contribution >= 0.6 is 0 Å². The largest absolute Gasteiger partial charge is 0.475 e. The molecule has 2 unspecified atom stereocenters. The normalized spacial score (nSPS) is 23.6. The monoisotopic (exact) mass is 252 g/mol. The van der Waals surface area contributed by atoms with Crippen LogP contribution in [0.25, 0.3) is 0 Å². The van der Waals surface area contributed by atoms with E-state index in [0.29, 0.717) is 0 Å². The number of rotatable bonds is 3. The standard InChI is InChI=1S/C12H16N2O4/c13-7-3-1-2-4-8(7)14-11(15)9-5-6-10(18-9)12(16)17/h5-8H,1-4,13H2,(H,14,15)(H,16,17). The van der Waals surface area contributed by atoms with Gasteiger partial charge in [0.25, 0.3) is 5.91 Å². The van der Waals surface area contributed by atoms with Crippen molar-refractivity contribution in [2.45, 2.75) is 37.8 Å². The molecule has 1 saturated carbocycles. The highest BCUT2D eigenvalue weighted by molar-refractivity contribution is 5.93. The molecule has 0 spiro atoms. The highest BCUT2D eigenvalue weighted by Crippen LogP contribution is 2.17. The Morgan fingerprint density at radius 2 is 1.94 bits per heavy atom. The Bertz CT molecular complexity index is 455. The second-order valence-corrected chi connectivity index (χ2v) is 4.50. The average molecular weight is 252 g/mol. The lowest BCUT2D eigenvalue weighted by Gasteiger charge is -2.28. The second-order valence-electron chi connectivity index (χ2n) is 4.50. The van der Waals surface area contributed by atoms with E-state index >= 15 is 0 Å². The van der Waals surface area contributed by atoms with Gasteiger partial charge in [0.2, 0.25) is 5.76 Å². The lowest BCUT2D eigenvalue weighted by molar-refractivity contribution is 0.0659. The number of nitrogens with one attached hydrogen (secondary N) is 1. The van der Waals surface area contributed by atoms with Crippen LogP contribution in [-0.4, -0.2) is 29.1 Å². The first kappa shape index (κ1) is 12.6. The van der Waals surface area contributed by atoms with Crippen molar-refractivity contribution >= 4 is 11.9 Å². The van der Waals surface area contributed by atoms with E-state index in [9.17, 15) is 9.59 Å². The summed E-state index contributed by atoms with van der Waals surface area (Å²) in [4.78, 5) is 22.5. The zero-order valence-electron chi connectivity index (χ0n) is 9.89. The number of hydrogen-bond donors (Lipinski definition) is 3. The van der Waals surface area contributed by atoms with E-state index in [-0.39, 0.29) is 23.6 Å². The summed E-state index contributed by atoms with van der Waals surface area (Å²) in [7, 11) is 0. The molecule has 1 aromatic heterocycles. The average Bonchev–Trinajstić information content (AvgIpc) is 2.81. The number of hydrogen-bond acceptors (Lipinski definition) is 4. The molecular weight excluding hydrogens is 236 g/mol. The van der Waals surface area contributed by atoms with Crippen molar-refractivity contribution in [1.82, 2.24) is 5.32 Å². The number of carboxylic acid groups (broad SMARTS) is 1. The number of furan rings is 1. The molecule has 0 aliphatic heterocycles. The van der Waals surface area contributed by atoms with Gasteiger partial charge in [0.1, 0.15) is 0 Å². The molecule has 1 aliphatic rings. The van der Waals surface area contributed by atoms with Gasteiger partial charge in [0.05, 0.1) is 0 Å². The van der Waals surface area contributed by atoms with Crippen LogP contribution in [0.5, 0.6) is 0 Å². The van der Waals surface area contributed by atoms with Gasteiger partial charge in [-0.05, 0) is 25.0 Å². The molecular formula is C12H16N2O4.